The van der Waals surface area contributed by atoms with Crippen molar-refractivity contribution in [1.82, 2.24) is 0 Å². The maximum Gasteiger partial charge on any atom is 0.126 e. The van der Waals surface area contributed by atoms with E-state index in [0.717, 1.165) is 25.5 Å². The molecule has 0 bridgehead atoms. The molecule has 2 heteroatoms. The second kappa shape index (κ2) is 6.85. The lowest BCUT2D eigenvalue weighted by Gasteiger charge is -2.31. The summed E-state index contributed by atoms with van der Waals surface area (Å²) in [6.07, 6.45) is 4.25. The molecule has 17 heavy (non-hydrogen) atoms. The molecular formula is C15H22OS. The van der Waals surface area contributed by atoms with Crippen molar-refractivity contribution in [2.45, 2.75) is 50.2 Å². The predicted molar refractivity (Wildman–Crippen MR) is 75.5 cm³/mol. The van der Waals surface area contributed by atoms with Gasteiger partial charge in [-0.25, -0.2) is 0 Å². The molecule has 0 heterocycles. The molecule has 0 saturated heterocycles. The van der Waals surface area contributed by atoms with E-state index in [1.165, 1.54) is 4.90 Å². The Morgan fingerprint density at radius 1 is 1.29 bits per heavy atom. The predicted octanol–water partition coefficient (Wildman–Crippen LogP) is 4.56. The zero-order valence-corrected chi connectivity index (χ0v) is 11.8. The van der Waals surface area contributed by atoms with E-state index in [2.05, 4.69) is 45.0 Å². The Morgan fingerprint density at radius 3 is 2.41 bits per heavy atom. The summed E-state index contributed by atoms with van der Waals surface area (Å²) in [6.45, 7) is 6.36. The van der Waals surface area contributed by atoms with Crippen LogP contribution in [0.25, 0.3) is 0 Å². The highest BCUT2D eigenvalue weighted by molar-refractivity contribution is 8.00. The van der Waals surface area contributed by atoms with Gasteiger partial charge < -0.3 is 4.79 Å². The van der Waals surface area contributed by atoms with Crippen molar-refractivity contribution in [3.8, 4) is 0 Å². The molecule has 0 saturated carbocycles. The van der Waals surface area contributed by atoms with Gasteiger partial charge in [0.25, 0.3) is 0 Å². The largest absolute Gasteiger partial charge is 0.303 e. The van der Waals surface area contributed by atoms with Crippen molar-refractivity contribution in [2.75, 3.05) is 0 Å². The molecule has 0 fully saturated rings. The summed E-state index contributed by atoms with van der Waals surface area (Å²) in [6, 6.07) is 10.4. The smallest absolute Gasteiger partial charge is 0.126 e. The van der Waals surface area contributed by atoms with Crippen molar-refractivity contribution in [3.63, 3.8) is 0 Å². The number of aldehydes is 1. The van der Waals surface area contributed by atoms with Crippen molar-refractivity contribution >= 4 is 18.0 Å². The summed E-state index contributed by atoms with van der Waals surface area (Å²) >= 11 is 1.84. The molecule has 0 aliphatic heterocycles. The summed E-state index contributed by atoms with van der Waals surface area (Å²) in [4.78, 5) is 12.6. The van der Waals surface area contributed by atoms with Gasteiger partial charge in [0, 0.05) is 15.6 Å². The van der Waals surface area contributed by atoms with Crippen LogP contribution in [0.3, 0.4) is 0 Å². The van der Waals surface area contributed by atoms with Crippen LogP contribution in [0.5, 0.6) is 0 Å². The molecule has 0 amide bonds. The van der Waals surface area contributed by atoms with Crippen LogP contribution >= 0.6 is 11.8 Å². The third-order valence-corrected chi connectivity index (χ3v) is 4.94. The zero-order chi connectivity index (χ0) is 12.7. The summed E-state index contributed by atoms with van der Waals surface area (Å²) in [5.74, 6) is 0. The van der Waals surface area contributed by atoms with Gasteiger partial charge in [0.05, 0.1) is 0 Å². The molecule has 0 aliphatic carbocycles. The average Bonchev–Trinajstić information content (AvgIpc) is 2.38. The first-order chi connectivity index (χ1) is 8.16. The van der Waals surface area contributed by atoms with Gasteiger partial charge >= 0.3 is 0 Å². The number of thioether (sulfide) groups is 1. The van der Waals surface area contributed by atoms with Gasteiger partial charge in [0.1, 0.15) is 6.29 Å². The molecule has 0 N–H and O–H groups in total. The molecule has 0 aliphatic rings. The standard InChI is InChI=1S/C15H22OS/c1-4-9-14(15(3,5-2)12-16)17-13-10-7-6-8-11-13/h6-8,10-12,14H,4-5,9H2,1-3H3/t14-,15-/m0/s1. The van der Waals surface area contributed by atoms with E-state index in [1.54, 1.807) is 0 Å². The molecular weight excluding hydrogens is 228 g/mol. The lowest BCUT2D eigenvalue weighted by Crippen LogP contribution is -2.30. The molecule has 1 nitrogen and oxygen atoms in total. The van der Waals surface area contributed by atoms with Gasteiger partial charge in [-0.1, -0.05) is 45.4 Å². The van der Waals surface area contributed by atoms with Gasteiger partial charge in [-0.2, -0.15) is 0 Å². The second-order valence-electron chi connectivity index (χ2n) is 4.69. The quantitative estimate of drug-likeness (QED) is 0.521. The van der Waals surface area contributed by atoms with E-state index in [1.807, 2.05) is 17.8 Å². The van der Waals surface area contributed by atoms with E-state index in [0.29, 0.717) is 5.25 Å². The van der Waals surface area contributed by atoms with Crippen LogP contribution in [0.1, 0.15) is 40.0 Å². The highest BCUT2D eigenvalue weighted by atomic mass is 32.2. The first-order valence-electron chi connectivity index (χ1n) is 6.34. The van der Waals surface area contributed by atoms with Crippen LogP contribution in [-0.2, 0) is 4.79 Å². The molecule has 2 atom stereocenters. The second-order valence-corrected chi connectivity index (χ2v) is 5.96. The summed E-state index contributed by atoms with van der Waals surface area (Å²) in [7, 11) is 0. The van der Waals surface area contributed by atoms with Gasteiger partial charge in [-0.05, 0) is 25.0 Å². The fraction of sp³-hybridized carbons (Fsp3) is 0.533. The Balaban J connectivity index is 2.82. The van der Waals surface area contributed by atoms with Crippen LogP contribution < -0.4 is 0 Å². The lowest BCUT2D eigenvalue weighted by atomic mass is 9.83. The minimum absolute atomic E-state index is 0.212. The molecule has 1 rings (SSSR count). The van der Waals surface area contributed by atoms with Crippen molar-refractivity contribution in [3.05, 3.63) is 30.3 Å². The number of benzene rings is 1. The maximum absolute atomic E-state index is 11.4. The average molecular weight is 250 g/mol. The fourth-order valence-electron chi connectivity index (χ4n) is 1.84. The Bertz CT molecular complexity index is 336. The SMILES string of the molecule is CCC[C@H](Sc1ccccc1)[C@](C)(C=O)CC. The normalized spacial score (nSPS) is 16.2. The first-order valence-corrected chi connectivity index (χ1v) is 7.22. The maximum atomic E-state index is 11.4. The Labute approximate surface area is 109 Å². The van der Waals surface area contributed by atoms with Gasteiger partial charge in [-0.3, -0.25) is 0 Å². The van der Waals surface area contributed by atoms with E-state index in [9.17, 15) is 4.79 Å². The summed E-state index contributed by atoms with van der Waals surface area (Å²) in [5, 5.41) is 0.373. The highest BCUT2D eigenvalue weighted by Gasteiger charge is 2.32. The fourth-order valence-corrected chi connectivity index (χ4v) is 3.32. The van der Waals surface area contributed by atoms with Gasteiger partial charge in [0.15, 0.2) is 0 Å². The van der Waals surface area contributed by atoms with Crippen LogP contribution in [-0.4, -0.2) is 11.5 Å². The summed E-state index contributed by atoms with van der Waals surface area (Å²) < 4.78 is 0. The topological polar surface area (TPSA) is 17.1 Å². The highest BCUT2D eigenvalue weighted by Crippen LogP contribution is 2.39. The molecule has 94 valence electrons. The molecule has 0 aromatic heterocycles. The lowest BCUT2D eigenvalue weighted by molar-refractivity contribution is -0.115. The monoisotopic (exact) mass is 250 g/mol. The Hall–Kier alpha value is -0.760. The molecule has 1 aromatic carbocycles. The number of rotatable bonds is 7. The summed E-state index contributed by atoms with van der Waals surface area (Å²) in [5.41, 5.74) is -0.212. The molecule has 0 spiro atoms. The number of carbonyl (C=O) groups is 1. The molecule has 0 radical (unpaired) electrons. The molecule has 0 unspecified atom stereocenters. The number of carbonyl (C=O) groups excluding carboxylic acids is 1. The van der Waals surface area contributed by atoms with E-state index in [4.69, 9.17) is 0 Å². The van der Waals surface area contributed by atoms with Crippen molar-refractivity contribution < 1.29 is 4.79 Å². The Morgan fingerprint density at radius 2 is 1.94 bits per heavy atom. The van der Waals surface area contributed by atoms with Gasteiger partial charge in [-0.15, -0.1) is 11.8 Å². The van der Waals surface area contributed by atoms with E-state index < -0.39 is 0 Å². The molecule has 1 aromatic rings. The minimum atomic E-state index is -0.212. The van der Waals surface area contributed by atoms with Crippen LogP contribution in [0.15, 0.2) is 35.2 Å². The van der Waals surface area contributed by atoms with E-state index in [-0.39, 0.29) is 5.41 Å². The van der Waals surface area contributed by atoms with Gasteiger partial charge in [0.2, 0.25) is 0 Å². The minimum Gasteiger partial charge on any atom is -0.303 e. The third-order valence-electron chi connectivity index (χ3n) is 3.34. The van der Waals surface area contributed by atoms with Crippen molar-refractivity contribution in [1.29, 1.82) is 0 Å². The Kier molecular flexibility index (Phi) is 5.76. The first kappa shape index (κ1) is 14.3. The third kappa shape index (κ3) is 3.88. The number of hydrogen-bond donors (Lipinski definition) is 0. The van der Waals surface area contributed by atoms with Crippen LogP contribution in [0, 0.1) is 5.41 Å². The van der Waals surface area contributed by atoms with Crippen LogP contribution in [0.4, 0.5) is 0 Å². The van der Waals surface area contributed by atoms with E-state index >= 15 is 0 Å². The van der Waals surface area contributed by atoms with Crippen molar-refractivity contribution in [2.24, 2.45) is 5.41 Å². The van der Waals surface area contributed by atoms with Crippen LogP contribution in [0.2, 0.25) is 0 Å². The zero-order valence-electron chi connectivity index (χ0n) is 11.0. The number of hydrogen-bond acceptors (Lipinski definition) is 2.